The second-order valence-corrected chi connectivity index (χ2v) is 6.21. The molecule has 4 nitrogen and oxygen atoms in total. The Labute approximate surface area is 134 Å². The van der Waals surface area contributed by atoms with Crippen LogP contribution in [0.4, 0.5) is 0 Å². The van der Waals surface area contributed by atoms with Crippen molar-refractivity contribution in [3.05, 3.63) is 71.8 Å². The van der Waals surface area contributed by atoms with Crippen LogP contribution in [0.5, 0.6) is 0 Å². The van der Waals surface area contributed by atoms with Gasteiger partial charge in [0.2, 0.25) is 5.91 Å². The first-order valence-electron chi connectivity index (χ1n) is 7.47. The zero-order chi connectivity index (χ0) is 16.6. The van der Waals surface area contributed by atoms with E-state index in [1.165, 1.54) is 0 Å². The fourth-order valence-corrected chi connectivity index (χ4v) is 3.03. The van der Waals surface area contributed by atoms with Gasteiger partial charge in [0.1, 0.15) is 0 Å². The van der Waals surface area contributed by atoms with Gasteiger partial charge in [-0.3, -0.25) is 19.3 Å². The monoisotopic (exact) mass is 307 g/mol. The van der Waals surface area contributed by atoms with Crippen LogP contribution < -0.4 is 0 Å². The Kier molecular flexibility index (Phi) is 3.60. The Hall–Kier alpha value is -2.75. The van der Waals surface area contributed by atoms with E-state index in [9.17, 15) is 14.4 Å². The van der Waals surface area contributed by atoms with Gasteiger partial charge < -0.3 is 0 Å². The van der Waals surface area contributed by atoms with Gasteiger partial charge in [-0.1, -0.05) is 60.7 Å². The van der Waals surface area contributed by atoms with Gasteiger partial charge in [-0.05, 0) is 19.4 Å². The second-order valence-electron chi connectivity index (χ2n) is 6.21. The highest BCUT2D eigenvalue weighted by Gasteiger charge is 2.58. The molecule has 3 rings (SSSR count). The average molecular weight is 307 g/mol. The predicted molar refractivity (Wildman–Crippen MR) is 85.6 cm³/mol. The molecule has 0 spiro atoms. The summed E-state index contributed by atoms with van der Waals surface area (Å²) in [5.41, 5.74) is 0.446. The lowest BCUT2D eigenvalue weighted by Gasteiger charge is -2.51. The number of hydrogen-bond acceptors (Lipinski definition) is 3. The zero-order valence-electron chi connectivity index (χ0n) is 13.0. The molecule has 1 unspecified atom stereocenters. The summed E-state index contributed by atoms with van der Waals surface area (Å²) in [6.45, 7) is 3.59. The van der Waals surface area contributed by atoms with E-state index < -0.39 is 23.1 Å². The van der Waals surface area contributed by atoms with E-state index >= 15 is 0 Å². The number of carbonyl (C=O) groups is 3. The van der Waals surface area contributed by atoms with Crippen LogP contribution in [0.3, 0.4) is 0 Å². The van der Waals surface area contributed by atoms with Crippen molar-refractivity contribution in [2.45, 2.75) is 19.9 Å². The van der Waals surface area contributed by atoms with E-state index in [4.69, 9.17) is 0 Å². The molecule has 0 bridgehead atoms. The maximum Gasteiger partial charge on any atom is 0.302 e. The fourth-order valence-electron chi connectivity index (χ4n) is 3.03. The number of nitrogens with zero attached hydrogens (tertiary/aromatic N) is 1. The van der Waals surface area contributed by atoms with Crippen molar-refractivity contribution < 1.29 is 14.4 Å². The highest BCUT2D eigenvalue weighted by atomic mass is 16.2. The summed E-state index contributed by atoms with van der Waals surface area (Å²) in [6.07, 6.45) is 0. The predicted octanol–water partition coefficient (Wildman–Crippen LogP) is 3.01. The van der Waals surface area contributed by atoms with E-state index in [0.717, 1.165) is 10.5 Å². The van der Waals surface area contributed by atoms with Crippen LogP contribution in [0.2, 0.25) is 0 Å². The number of ketones is 1. The van der Waals surface area contributed by atoms with Crippen LogP contribution in [0, 0.1) is 5.41 Å². The van der Waals surface area contributed by atoms with Crippen molar-refractivity contribution in [3.8, 4) is 0 Å². The van der Waals surface area contributed by atoms with Gasteiger partial charge in [-0.15, -0.1) is 0 Å². The van der Waals surface area contributed by atoms with Gasteiger partial charge >= 0.3 is 5.91 Å². The Bertz CT molecular complexity index is 766. The third kappa shape index (κ3) is 2.36. The van der Waals surface area contributed by atoms with Crippen molar-refractivity contribution in [2.75, 3.05) is 0 Å². The first kappa shape index (κ1) is 15.2. The molecule has 0 N–H and O–H groups in total. The van der Waals surface area contributed by atoms with Crippen LogP contribution in [-0.4, -0.2) is 22.5 Å². The lowest BCUT2D eigenvalue weighted by Crippen LogP contribution is -2.63. The molecule has 0 aromatic heterocycles. The number of imide groups is 1. The third-order valence-corrected chi connectivity index (χ3v) is 4.28. The van der Waals surface area contributed by atoms with E-state index in [2.05, 4.69) is 0 Å². The largest absolute Gasteiger partial charge is 0.302 e. The SMILES string of the molecule is CC1(C)C(=O)N(C(=O)C(=O)c2ccccc2)C1c1ccccc1. The summed E-state index contributed by atoms with van der Waals surface area (Å²) in [6, 6.07) is 17.2. The number of rotatable bonds is 3. The molecule has 1 heterocycles. The maximum absolute atomic E-state index is 12.6. The summed E-state index contributed by atoms with van der Waals surface area (Å²) in [5.74, 6) is -1.75. The molecule has 116 valence electrons. The number of hydrogen-bond donors (Lipinski definition) is 0. The first-order chi connectivity index (χ1) is 10.9. The van der Waals surface area contributed by atoms with Crippen molar-refractivity contribution in [1.29, 1.82) is 0 Å². The number of likely N-dealkylation sites (tertiary alicyclic amines) is 1. The average Bonchev–Trinajstić information content (AvgIpc) is 2.59. The molecular weight excluding hydrogens is 290 g/mol. The molecule has 0 aliphatic carbocycles. The van der Waals surface area contributed by atoms with Crippen molar-refractivity contribution in [1.82, 2.24) is 4.90 Å². The summed E-state index contributed by atoms with van der Waals surface area (Å²) in [7, 11) is 0. The lowest BCUT2D eigenvalue weighted by atomic mass is 9.70. The number of β-lactam (4-membered cyclic amide) rings is 1. The molecule has 0 saturated carbocycles. The summed E-state index contributed by atoms with van der Waals surface area (Å²) in [5, 5.41) is 0. The standard InChI is InChI=1S/C19H17NO3/c1-19(2)16(14-11-7-4-8-12-14)20(18(19)23)17(22)15(21)13-9-5-3-6-10-13/h3-12,16H,1-2H3. The summed E-state index contributed by atoms with van der Waals surface area (Å²) >= 11 is 0. The van der Waals surface area contributed by atoms with Crippen molar-refractivity contribution in [3.63, 3.8) is 0 Å². The van der Waals surface area contributed by atoms with Crippen LogP contribution in [0.25, 0.3) is 0 Å². The molecule has 2 amide bonds. The second kappa shape index (κ2) is 5.47. The quantitative estimate of drug-likeness (QED) is 0.497. The number of Topliss-reactive ketones (excluding diaryl/α,β-unsaturated/α-hetero) is 1. The summed E-state index contributed by atoms with van der Waals surface area (Å²) in [4.78, 5) is 38.4. The molecule has 2 aromatic carbocycles. The van der Waals surface area contributed by atoms with Crippen LogP contribution >= 0.6 is 0 Å². The molecule has 0 radical (unpaired) electrons. The van der Waals surface area contributed by atoms with Gasteiger partial charge in [-0.2, -0.15) is 0 Å². The van der Waals surface area contributed by atoms with Crippen molar-refractivity contribution >= 4 is 17.6 Å². The topological polar surface area (TPSA) is 54.5 Å². The van der Waals surface area contributed by atoms with Gasteiger partial charge in [0.15, 0.2) is 0 Å². The minimum Gasteiger partial charge on any atom is -0.283 e. The zero-order valence-corrected chi connectivity index (χ0v) is 13.0. The number of carbonyl (C=O) groups excluding carboxylic acids is 3. The van der Waals surface area contributed by atoms with Crippen LogP contribution in [0.1, 0.15) is 35.8 Å². The highest BCUT2D eigenvalue weighted by Crippen LogP contribution is 2.49. The number of amides is 2. The fraction of sp³-hybridized carbons (Fsp3) is 0.211. The van der Waals surface area contributed by atoms with Crippen LogP contribution in [-0.2, 0) is 9.59 Å². The normalized spacial score (nSPS) is 19.1. The minimum atomic E-state index is -0.769. The molecule has 1 atom stereocenters. The molecule has 23 heavy (non-hydrogen) atoms. The Balaban J connectivity index is 1.93. The minimum absolute atomic E-state index is 0.293. The smallest absolute Gasteiger partial charge is 0.283 e. The molecule has 1 fully saturated rings. The molecule has 4 heteroatoms. The molecule has 1 saturated heterocycles. The maximum atomic E-state index is 12.6. The molecular formula is C19H17NO3. The molecule has 1 aliphatic rings. The van der Waals surface area contributed by atoms with Gasteiger partial charge in [0.05, 0.1) is 11.5 Å². The van der Waals surface area contributed by atoms with E-state index in [-0.39, 0.29) is 5.91 Å². The molecule has 1 aliphatic heterocycles. The Morgan fingerprint density at radius 2 is 1.43 bits per heavy atom. The van der Waals surface area contributed by atoms with Gasteiger partial charge in [0.25, 0.3) is 5.78 Å². The van der Waals surface area contributed by atoms with Gasteiger partial charge in [-0.25, -0.2) is 0 Å². The van der Waals surface area contributed by atoms with Crippen LogP contribution in [0.15, 0.2) is 60.7 Å². The molecule has 2 aromatic rings. The van der Waals surface area contributed by atoms with E-state index in [1.807, 2.05) is 30.3 Å². The van der Waals surface area contributed by atoms with Crippen molar-refractivity contribution in [2.24, 2.45) is 5.41 Å². The first-order valence-corrected chi connectivity index (χ1v) is 7.47. The van der Waals surface area contributed by atoms with E-state index in [1.54, 1.807) is 44.2 Å². The lowest BCUT2D eigenvalue weighted by molar-refractivity contribution is -0.174. The summed E-state index contributed by atoms with van der Waals surface area (Å²) < 4.78 is 0. The highest BCUT2D eigenvalue weighted by molar-refractivity contribution is 6.45. The Morgan fingerprint density at radius 1 is 0.913 bits per heavy atom. The third-order valence-electron chi connectivity index (χ3n) is 4.28. The Morgan fingerprint density at radius 3 is 2.00 bits per heavy atom. The van der Waals surface area contributed by atoms with E-state index in [0.29, 0.717) is 5.56 Å². The van der Waals surface area contributed by atoms with Gasteiger partial charge in [0, 0.05) is 5.56 Å². The number of benzene rings is 2.